The van der Waals surface area contributed by atoms with E-state index in [0.717, 1.165) is 19.4 Å². The van der Waals surface area contributed by atoms with Gasteiger partial charge in [-0.15, -0.1) is 0 Å². The molecule has 0 saturated carbocycles. The first kappa shape index (κ1) is 19.5. The van der Waals surface area contributed by atoms with Gasteiger partial charge in [0.2, 0.25) is 0 Å². The zero-order chi connectivity index (χ0) is 18.6. The summed E-state index contributed by atoms with van der Waals surface area (Å²) in [5.74, 6) is 0. The third-order valence-electron chi connectivity index (χ3n) is 3.86. The summed E-state index contributed by atoms with van der Waals surface area (Å²) in [5, 5.41) is 14.3. The van der Waals surface area contributed by atoms with Crippen LogP contribution in [0.1, 0.15) is 39.2 Å². The maximum atomic E-state index is 11.9. The zero-order valence-corrected chi connectivity index (χ0v) is 15.5. The maximum absolute atomic E-state index is 11.9. The molecule has 7 nitrogen and oxygen atoms in total. The normalized spacial score (nSPS) is 18.6. The monoisotopic (exact) mass is 369 g/mol. The second kappa shape index (κ2) is 8.01. The lowest BCUT2D eigenvalue weighted by Crippen LogP contribution is -2.48. The number of rotatable bonds is 4. The quantitative estimate of drug-likeness (QED) is 0.645. The van der Waals surface area contributed by atoms with Gasteiger partial charge in [-0.3, -0.25) is 15.0 Å². The number of benzene rings is 1. The van der Waals surface area contributed by atoms with E-state index in [0.29, 0.717) is 23.7 Å². The van der Waals surface area contributed by atoms with Crippen molar-refractivity contribution in [3.8, 4) is 0 Å². The Morgan fingerprint density at radius 1 is 1.48 bits per heavy atom. The van der Waals surface area contributed by atoms with Crippen LogP contribution >= 0.6 is 11.6 Å². The van der Waals surface area contributed by atoms with Crippen molar-refractivity contribution in [3.05, 3.63) is 38.9 Å². The number of non-ortho nitro benzene ring substituents is 1. The first-order valence-electron chi connectivity index (χ1n) is 8.29. The molecule has 8 heteroatoms. The molecule has 138 valence electrons. The molecular weight excluding hydrogens is 346 g/mol. The Kier molecular flexibility index (Phi) is 6.24. The van der Waals surface area contributed by atoms with E-state index in [2.05, 4.69) is 10.2 Å². The molecule has 0 spiro atoms. The third-order valence-corrected chi connectivity index (χ3v) is 4.23. The number of piperidine rings is 1. The summed E-state index contributed by atoms with van der Waals surface area (Å²) in [4.78, 5) is 24.6. The van der Waals surface area contributed by atoms with E-state index in [1.54, 1.807) is 6.07 Å². The molecule has 1 aliphatic heterocycles. The number of nitrogens with zero attached hydrogens (tertiary/aromatic N) is 2. The lowest BCUT2D eigenvalue weighted by atomic mass is 10.0. The number of hydrogen-bond acceptors (Lipinski definition) is 5. The Bertz CT molecular complexity index is 645. The second-order valence-electron chi connectivity index (χ2n) is 7.25. The van der Waals surface area contributed by atoms with Crippen molar-refractivity contribution in [1.82, 2.24) is 10.2 Å². The number of hydrogen-bond donors (Lipinski definition) is 1. The minimum Gasteiger partial charge on any atom is -0.444 e. The highest BCUT2D eigenvalue weighted by molar-refractivity contribution is 6.31. The highest BCUT2D eigenvalue weighted by Crippen LogP contribution is 2.24. The first-order valence-corrected chi connectivity index (χ1v) is 8.66. The highest BCUT2D eigenvalue weighted by Gasteiger charge is 2.25. The molecule has 0 unspecified atom stereocenters. The largest absolute Gasteiger partial charge is 0.444 e. The minimum atomic E-state index is -0.533. The van der Waals surface area contributed by atoms with Gasteiger partial charge in [0.25, 0.3) is 5.69 Å². The van der Waals surface area contributed by atoms with Crippen molar-refractivity contribution >= 4 is 23.4 Å². The van der Waals surface area contributed by atoms with E-state index in [-0.39, 0.29) is 11.7 Å². The molecular formula is C17H24ClN3O4. The molecule has 1 atom stereocenters. The van der Waals surface area contributed by atoms with Crippen LogP contribution in [0.3, 0.4) is 0 Å². The Hall–Kier alpha value is -1.86. The summed E-state index contributed by atoms with van der Waals surface area (Å²) in [6, 6.07) is 4.44. The molecule has 1 fully saturated rings. The van der Waals surface area contributed by atoms with E-state index in [9.17, 15) is 14.9 Å². The molecule has 0 aliphatic carbocycles. The predicted octanol–water partition coefficient (Wildman–Crippen LogP) is 3.74. The Morgan fingerprint density at radius 3 is 2.84 bits per heavy atom. The van der Waals surface area contributed by atoms with Crippen LogP contribution in [0.2, 0.25) is 5.02 Å². The maximum Gasteiger partial charge on any atom is 0.407 e. The van der Waals surface area contributed by atoms with E-state index in [4.69, 9.17) is 16.3 Å². The van der Waals surface area contributed by atoms with E-state index >= 15 is 0 Å². The van der Waals surface area contributed by atoms with Gasteiger partial charge in [0.1, 0.15) is 5.60 Å². The van der Waals surface area contributed by atoms with Crippen molar-refractivity contribution in [3.63, 3.8) is 0 Å². The summed E-state index contributed by atoms with van der Waals surface area (Å²) < 4.78 is 5.29. The standard InChI is InChI=1S/C17H24ClN3O4/c1-17(2,3)25-16(22)19-13-5-4-8-20(11-13)10-12-9-14(21(23)24)6-7-15(12)18/h6-7,9,13H,4-5,8,10-11H2,1-3H3,(H,19,22)/t13-/m1/s1. The van der Waals surface area contributed by atoms with Gasteiger partial charge in [-0.05, 0) is 51.8 Å². The van der Waals surface area contributed by atoms with Crippen molar-refractivity contribution in [2.24, 2.45) is 0 Å². The third kappa shape index (κ3) is 6.17. The van der Waals surface area contributed by atoms with Crippen LogP contribution in [0.15, 0.2) is 18.2 Å². The van der Waals surface area contributed by atoms with Crippen LogP contribution < -0.4 is 5.32 Å². The van der Waals surface area contributed by atoms with Gasteiger partial charge in [-0.25, -0.2) is 4.79 Å². The second-order valence-corrected chi connectivity index (χ2v) is 7.66. The average molecular weight is 370 g/mol. The molecule has 1 heterocycles. The number of nitro benzene ring substituents is 1. The van der Waals surface area contributed by atoms with Gasteiger partial charge in [-0.1, -0.05) is 11.6 Å². The Labute approximate surface area is 152 Å². The average Bonchev–Trinajstić information content (AvgIpc) is 2.47. The number of halogens is 1. The van der Waals surface area contributed by atoms with Crippen LogP contribution in [0.5, 0.6) is 0 Å². The van der Waals surface area contributed by atoms with E-state index in [1.807, 2.05) is 20.8 Å². The molecule has 0 bridgehead atoms. The fourth-order valence-corrected chi connectivity index (χ4v) is 3.01. The number of carbonyl (C=O) groups is 1. The topological polar surface area (TPSA) is 84.7 Å². The van der Waals surface area contributed by atoms with E-state index in [1.165, 1.54) is 12.1 Å². The summed E-state index contributed by atoms with van der Waals surface area (Å²) in [5.41, 5.74) is 0.211. The predicted molar refractivity (Wildman–Crippen MR) is 95.8 cm³/mol. The smallest absolute Gasteiger partial charge is 0.407 e. The van der Waals surface area contributed by atoms with Gasteiger partial charge in [0.05, 0.1) is 4.92 Å². The number of likely N-dealkylation sites (tertiary alicyclic amines) is 1. The van der Waals surface area contributed by atoms with Crippen LogP contribution in [0.4, 0.5) is 10.5 Å². The molecule has 1 saturated heterocycles. The van der Waals surface area contributed by atoms with Gasteiger partial charge in [-0.2, -0.15) is 0 Å². The summed E-state index contributed by atoms with van der Waals surface area (Å²) in [6.45, 7) is 7.48. The summed E-state index contributed by atoms with van der Waals surface area (Å²) in [6.07, 6.45) is 1.37. The number of carbonyl (C=O) groups excluding carboxylic acids is 1. The minimum absolute atomic E-state index is 0.0129. The van der Waals surface area contributed by atoms with Crippen LogP contribution in [-0.2, 0) is 11.3 Å². The molecule has 1 aromatic rings. The lowest BCUT2D eigenvalue weighted by molar-refractivity contribution is -0.384. The summed E-state index contributed by atoms with van der Waals surface area (Å²) >= 11 is 6.17. The molecule has 0 aromatic heterocycles. The number of nitrogens with one attached hydrogen (secondary N) is 1. The number of alkyl carbamates (subject to hydrolysis) is 1. The van der Waals surface area contributed by atoms with Crippen LogP contribution in [0.25, 0.3) is 0 Å². The molecule has 1 aromatic carbocycles. The molecule has 0 radical (unpaired) electrons. The lowest BCUT2D eigenvalue weighted by Gasteiger charge is -2.33. The van der Waals surface area contributed by atoms with Crippen LogP contribution in [-0.4, -0.2) is 40.6 Å². The SMILES string of the molecule is CC(C)(C)OC(=O)N[C@@H]1CCCN(Cc2cc([N+](=O)[O-])ccc2Cl)C1. The Balaban J connectivity index is 1.96. The van der Waals surface area contributed by atoms with Gasteiger partial charge in [0.15, 0.2) is 0 Å². The number of amides is 1. The molecule has 1 aliphatic rings. The number of nitro groups is 1. The molecule has 1 N–H and O–H groups in total. The van der Waals surface area contributed by atoms with Crippen molar-refractivity contribution < 1.29 is 14.5 Å². The Morgan fingerprint density at radius 2 is 2.20 bits per heavy atom. The van der Waals surface area contributed by atoms with Gasteiger partial charge in [0, 0.05) is 36.3 Å². The molecule has 25 heavy (non-hydrogen) atoms. The fourth-order valence-electron chi connectivity index (χ4n) is 2.83. The molecule has 1 amide bonds. The van der Waals surface area contributed by atoms with E-state index < -0.39 is 16.6 Å². The number of ether oxygens (including phenoxy) is 1. The highest BCUT2D eigenvalue weighted by atomic mass is 35.5. The van der Waals surface area contributed by atoms with Crippen molar-refractivity contribution in [2.75, 3.05) is 13.1 Å². The van der Waals surface area contributed by atoms with Crippen molar-refractivity contribution in [1.29, 1.82) is 0 Å². The van der Waals surface area contributed by atoms with Crippen LogP contribution in [0, 0.1) is 10.1 Å². The van der Waals surface area contributed by atoms with Crippen molar-refractivity contribution in [2.45, 2.75) is 51.8 Å². The summed E-state index contributed by atoms with van der Waals surface area (Å²) in [7, 11) is 0. The van der Waals surface area contributed by atoms with Gasteiger partial charge >= 0.3 is 6.09 Å². The first-order chi connectivity index (χ1) is 11.6. The molecule has 2 rings (SSSR count). The fraction of sp³-hybridized carbons (Fsp3) is 0.588. The zero-order valence-electron chi connectivity index (χ0n) is 14.8. The van der Waals surface area contributed by atoms with Gasteiger partial charge < -0.3 is 10.1 Å².